The summed E-state index contributed by atoms with van der Waals surface area (Å²) in [5.74, 6) is 1.11. The van der Waals surface area contributed by atoms with Crippen molar-refractivity contribution < 1.29 is 8.42 Å². The summed E-state index contributed by atoms with van der Waals surface area (Å²) >= 11 is 0. The van der Waals surface area contributed by atoms with E-state index in [1.165, 1.54) is 19.3 Å². The van der Waals surface area contributed by atoms with Crippen molar-refractivity contribution in [2.75, 3.05) is 25.4 Å². The summed E-state index contributed by atoms with van der Waals surface area (Å²) in [6, 6.07) is 0.527. The Bertz CT molecular complexity index is 330. The first kappa shape index (κ1) is 13.3. The average molecular weight is 260 g/mol. The molecular formula is C12H24N2O2S. The molecule has 17 heavy (non-hydrogen) atoms. The zero-order valence-electron chi connectivity index (χ0n) is 10.7. The van der Waals surface area contributed by atoms with Gasteiger partial charge < -0.3 is 5.32 Å². The van der Waals surface area contributed by atoms with E-state index < -0.39 is 10.0 Å². The predicted octanol–water partition coefficient (Wildman–Crippen LogP) is 1.19. The summed E-state index contributed by atoms with van der Waals surface area (Å²) in [7, 11) is -2.96. The van der Waals surface area contributed by atoms with E-state index in [2.05, 4.69) is 5.32 Å². The van der Waals surface area contributed by atoms with Crippen LogP contribution in [0.2, 0.25) is 0 Å². The highest BCUT2D eigenvalue weighted by Gasteiger charge is 2.27. The third-order valence-corrected chi connectivity index (χ3v) is 6.01. The van der Waals surface area contributed by atoms with Crippen LogP contribution in [-0.2, 0) is 10.0 Å². The highest BCUT2D eigenvalue weighted by molar-refractivity contribution is 7.89. The van der Waals surface area contributed by atoms with Crippen molar-refractivity contribution in [3.05, 3.63) is 0 Å². The van der Waals surface area contributed by atoms with Gasteiger partial charge in [-0.1, -0.05) is 6.42 Å². The van der Waals surface area contributed by atoms with Crippen LogP contribution in [0.5, 0.6) is 0 Å². The van der Waals surface area contributed by atoms with E-state index in [1.54, 1.807) is 11.2 Å². The Morgan fingerprint density at radius 3 is 2.29 bits per heavy atom. The fraction of sp³-hybridized carbons (Fsp3) is 1.00. The highest BCUT2D eigenvalue weighted by Crippen LogP contribution is 2.25. The summed E-state index contributed by atoms with van der Waals surface area (Å²) in [5, 5.41) is 3.59. The summed E-state index contributed by atoms with van der Waals surface area (Å²) in [6.07, 6.45) is 6.06. The van der Waals surface area contributed by atoms with Gasteiger partial charge in [-0.15, -0.1) is 0 Å². The van der Waals surface area contributed by atoms with Gasteiger partial charge in [0.1, 0.15) is 0 Å². The molecule has 2 aliphatic rings. The van der Waals surface area contributed by atoms with Gasteiger partial charge in [0, 0.05) is 19.1 Å². The van der Waals surface area contributed by atoms with Gasteiger partial charge in [0.05, 0.1) is 5.75 Å². The van der Waals surface area contributed by atoms with E-state index in [1.807, 2.05) is 0 Å². The van der Waals surface area contributed by atoms with Crippen LogP contribution in [0.15, 0.2) is 0 Å². The minimum atomic E-state index is -2.96. The maximum atomic E-state index is 11.7. The Kier molecular flexibility index (Phi) is 4.44. The van der Waals surface area contributed by atoms with Crippen LogP contribution in [0.25, 0.3) is 0 Å². The number of sulfonamides is 1. The van der Waals surface area contributed by atoms with Crippen LogP contribution in [0.1, 0.15) is 39.0 Å². The molecule has 0 unspecified atom stereocenters. The molecule has 0 bridgehead atoms. The third-order valence-electron chi connectivity index (χ3n) is 4.13. The van der Waals surface area contributed by atoms with Gasteiger partial charge in [0.25, 0.3) is 0 Å². The van der Waals surface area contributed by atoms with E-state index in [0.29, 0.717) is 19.1 Å². The van der Waals surface area contributed by atoms with Crippen LogP contribution in [0, 0.1) is 5.92 Å². The lowest BCUT2D eigenvalue weighted by Gasteiger charge is -2.33. The SMILES string of the molecule is CCS(=O)(=O)N1CCC(NCC2CCC2)CC1. The number of nitrogens with one attached hydrogen (secondary N) is 1. The van der Waals surface area contributed by atoms with Gasteiger partial charge in [-0.3, -0.25) is 0 Å². The van der Waals surface area contributed by atoms with Gasteiger partial charge in [0.2, 0.25) is 10.0 Å². The van der Waals surface area contributed by atoms with Crippen LogP contribution < -0.4 is 5.32 Å². The lowest BCUT2D eigenvalue weighted by molar-refractivity contribution is 0.248. The lowest BCUT2D eigenvalue weighted by Crippen LogP contribution is -2.46. The summed E-state index contributed by atoms with van der Waals surface area (Å²) in [4.78, 5) is 0. The van der Waals surface area contributed by atoms with Crippen molar-refractivity contribution in [1.82, 2.24) is 9.62 Å². The molecule has 0 aromatic heterocycles. The second-order valence-electron chi connectivity index (χ2n) is 5.28. The predicted molar refractivity (Wildman–Crippen MR) is 69.4 cm³/mol. The fourth-order valence-electron chi connectivity index (χ4n) is 2.55. The normalized spacial score (nSPS) is 24.8. The van der Waals surface area contributed by atoms with Gasteiger partial charge in [-0.05, 0) is 45.1 Å². The molecule has 2 fully saturated rings. The fourth-order valence-corrected chi connectivity index (χ4v) is 3.68. The van der Waals surface area contributed by atoms with E-state index in [-0.39, 0.29) is 5.75 Å². The first-order chi connectivity index (χ1) is 8.12. The molecule has 0 aromatic carbocycles. The molecule has 2 rings (SSSR count). The Hall–Kier alpha value is -0.130. The quantitative estimate of drug-likeness (QED) is 0.808. The summed E-state index contributed by atoms with van der Waals surface area (Å²) < 4.78 is 25.0. The molecule has 1 aliphatic carbocycles. The molecule has 1 N–H and O–H groups in total. The molecule has 0 aromatic rings. The molecule has 0 amide bonds. The van der Waals surface area contributed by atoms with Crippen molar-refractivity contribution in [2.24, 2.45) is 5.92 Å². The third kappa shape index (κ3) is 3.42. The molecule has 4 nitrogen and oxygen atoms in total. The monoisotopic (exact) mass is 260 g/mol. The van der Waals surface area contributed by atoms with Crippen molar-refractivity contribution in [3.8, 4) is 0 Å². The van der Waals surface area contributed by atoms with Crippen LogP contribution in [0.4, 0.5) is 0 Å². The zero-order valence-corrected chi connectivity index (χ0v) is 11.5. The van der Waals surface area contributed by atoms with Gasteiger partial charge >= 0.3 is 0 Å². The van der Waals surface area contributed by atoms with Crippen LogP contribution in [-0.4, -0.2) is 44.2 Å². The van der Waals surface area contributed by atoms with E-state index in [4.69, 9.17) is 0 Å². The zero-order chi connectivity index (χ0) is 12.3. The number of hydrogen-bond acceptors (Lipinski definition) is 3. The summed E-state index contributed by atoms with van der Waals surface area (Å²) in [6.45, 7) is 4.23. The van der Waals surface area contributed by atoms with Crippen molar-refractivity contribution in [3.63, 3.8) is 0 Å². The molecule has 1 saturated heterocycles. The standard InChI is InChI=1S/C12H24N2O2S/c1-2-17(15,16)14-8-6-12(7-9-14)13-10-11-4-3-5-11/h11-13H,2-10H2,1H3. The maximum absolute atomic E-state index is 11.7. The minimum absolute atomic E-state index is 0.229. The Balaban J connectivity index is 1.70. The molecule has 100 valence electrons. The smallest absolute Gasteiger partial charge is 0.213 e. The Morgan fingerprint density at radius 2 is 1.82 bits per heavy atom. The van der Waals surface area contributed by atoms with Crippen molar-refractivity contribution >= 4 is 10.0 Å². The minimum Gasteiger partial charge on any atom is -0.314 e. The largest absolute Gasteiger partial charge is 0.314 e. The number of nitrogens with zero attached hydrogens (tertiary/aromatic N) is 1. The van der Waals surface area contributed by atoms with Gasteiger partial charge in [0.15, 0.2) is 0 Å². The molecule has 0 radical (unpaired) electrons. The summed E-state index contributed by atoms with van der Waals surface area (Å²) in [5.41, 5.74) is 0. The first-order valence-corrected chi connectivity index (χ1v) is 8.44. The molecule has 5 heteroatoms. The topological polar surface area (TPSA) is 49.4 Å². The molecule has 1 aliphatic heterocycles. The number of rotatable bonds is 5. The maximum Gasteiger partial charge on any atom is 0.213 e. The van der Waals surface area contributed by atoms with E-state index in [0.717, 1.165) is 25.3 Å². The lowest BCUT2D eigenvalue weighted by atomic mass is 9.85. The molecule has 0 atom stereocenters. The van der Waals surface area contributed by atoms with Gasteiger partial charge in [-0.2, -0.15) is 0 Å². The average Bonchev–Trinajstić information content (AvgIpc) is 2.28. The first-order valence-electron chi connectivity index (χ1n) is 6.83. The number of piperidine rings is 1. The van der Waals surface area contributed by atoms with E-state index in [9.17, 15) is 8.42 Å². The van der Waals surface area contributed by atoms with Crippen molar-refractivity contribution in [1.29, 1.82) is 0 Å². The van der Waals surface area contributed by atoms with Crippen molar-refractivity contribution in [2.45, 2.75) is 45.1 Å². The van der Waals surface area contributed by atoms with Crippen LogP contribution >= 0.6 is 0 Å². The molecule has 1 saturated carbocycles. The second kappa shape index (κ2) is 5.67. The van der Waals surface area contributed by atoms with E-state index >= 15 is 0 Å². The Labute approximate surface area is 105 Å². The molecule has 0 spiro atoms. The van der Waals surface area contributed by atoms with Gasteiger partial charge in [-0.25, -0.2) is 12.7 Å². The highest BCUT2D eigenvalue weighted by atomic mass is 32.2. The second-order valence-corrected chi connectivity index (χ2v) is 7.54. The molecular weight excluding hydrogens is 236 g/mol. The van der Waals surface area contributed by atoms with Crippen LogP contribution in [0.3, 0.4) is 0 Å². The Morgan fingerprint density at radius 1 is 1.18 bits per heavy atom. The number of hydrogen-bond donors (Lipinski definition) is 1. The molecule has 1 heterocycles.